The first-order valence-corrected chi connectivity index (χ1v) is 6.89. The van der Waals surface area contributed by atoms with E-state index in [1.165, 1.54) is 6.07 Å². The third-order valence-electron chi connectivity index (χ3n) is 2.75. The lowest BCUT2D eigenvalue weighted by molar-refractivity contribution is -0.384. The highest BCUT2D eigenvalue weighted by Crippen LogP contribution is 2.27. The Hall–Kier alpha value is -1.64. The molecule has 6 nitrogen and oxygen atoms in total. The molecule has 0 saturated carbocycles. The molecule has 0 spiro atoms. The van der Waals surface area contributed by atoms with Gasteiger partial charge in [-0.15, -0.1) is 0 Å². The fraction of sp³-hybridized carbons (Fsp3) is 0.250. The normalized spacial score (nSPS) is 12.1. The molecule has 0 radical (unpaired) electrons. The number of nitrogens with one attached hydrogen (secondary N) is 2. The van der Waals surface area contributed by atoms with Crippen LogP contribution in [0, 0.1) is 13.7 Å². The molecular weight excluding hydrogens is 359 g/mol. The predicted octanol–water partition coefficient (Wildman–Crippen LogP) is 3.49. The van der Waals surface area contributed by atoms with Crippen LogP contribution in [0.3, 0.4) is 0 Å². The fourth-order valence-corrected chi connectivity index (χ4v) is 2.41. The quantitative estimate of drug-likeness (QED) is 0.478. The SMILES string of the molecule is CCC(Nc1ccc([N+](=O)[O-])cc1I)c1ncc[nH]1. The second-order valence-corrected chi connectivity index (χ2v) is 5.16. The van der Waals surface area contributed by atoms with E-state index in [1.54, 1.807) is 24.5 Å². The van der Waals surface area contributed by atoms with E-state index >= 15 is 0 Å². The summed E-state index contributed by atoms with van der Waals surface area (Å²) < 4.78 is 0.816. The molecule has 2 rings (SSSR count). The molecule has 0 fully saturated rings. The minimum absolute atomic E-state index is 0.0602. The number of hydrogen-bond donors (Lipinski definition) is 2. The van der Waals surface area contributed by atoms with Crippen LogP contribution in [0.1, 0.15) is 25.2 Å². The molecule has 1 aromatic heterocycles. The number of aromatic nitrogens is 2. The van der Waals surface area contributed by atoms with Crippen molar-refractivity contribution in [2.75, 3.05) is 5.32 Å². The van der Waals surface area contributed by atoms with Gasteiger partial charge in [-0.25, -0.2) is 4.98 Å². The molecule has 1 atom stereocenters. The van der Waals surface area contributed by atoms with E-state index in [9.17, 15) is 10.1 Å². The summed E-state index contributed by atoms with van der Waals surface area (Å²) in [5.41, 5.74) is 0.968. The lowest BCUT2D eigenvalue weighted by Gasteiger charge is -2.17. The van der Waals surface area contributed by atoms with Crippen molar-refractivity contribution >= 4 is 34.0 Å². The second-order valence-electron chi connectivity index (χ2n) is 4.00. The Bertz CT molecular complexity index is 571. The van der Waals surface area contributed by atoms with Crippen LogP contribution in [0.5, 0.6) is 0 Å². The smallest absolute Gasteiger partial charge is 0.270 e. The molecule has 100 valence electrons. The Kier molecular flexibility index (Phi) is 4.35. The van der Waals surface area contributed by atoms with Crippen LogP contribution in [0.4, 0.5) is 11.4 Å². The van der Waals surface area contributed by atoms with Crippen LogP contribution < -0.4 is 5.32 Å². The number of non-ortho nitro benzene ring substituents is 1. The van der Waals surface area contributed by atoms with E-state index in [2.05, 4.69) is 44.8 Å². The molecule has 2 N–H and O–H groups in total. The van der Waals surface area contributed by atoms with Gasteiger partial charge in [0.15, 0.2) is 0 Å². The zero-order valence-electron chi connectivity index (χ0n) is 10.3. The second kappa shape index (κ2) is 6.00. The third kappa shape index (κ3) is 3.22. The molecule has 0 aliphatic rings. The van der Waals surface area contributed by atoms with E-state index in [1.807, 2.05) is 0 Å². The maximum atomic E-state index is 10.7. The first-order valence-electron chi connectivity index (χ1n) is 5.81. The highest BCUT2D eigenvalue weighted by molar-refractivity contribution is 14.1. The molecule has 1 aromatic carbocycles. The minimum Gasteiger partial charge on any atom is -0.374 e. The Morgan fingerprint density at radius 2 is 2.37 bits per heavy atom. The van der Waals surface area contributed by atoms with E-state index in [0.29, 0.717) is 0 Å². The monoisotopic (exact) mass is 372 g/mol. The summed E-state index contributed by atoms with van der Waals surface area (Å²) in [7, 11) is 0. The van der Waals surface area contributed by atoms with Gasteiger partial charge in [-0.2, -0.15) is 0 Å². The number of nitro groups is 1. The highest BCUT2D eigenvalue weighted by atomic mass is 127. The largest absolute Gasteiger partial charge is 0.374 e. The Labute approximate surface area is 123 Å². The zero-order valence-corrected chi connectivity index (χ0v) is 12.4. The topological polar surface area (TPSA) is 83.8 Å². The third-order valence-corrected chi connectivity index (χ3v) is 3.64. The molecule has 1 unspecified atom stereocenters. The van der Waals surface area contributed by atoms with E-state index in [-0.39, 0.29) is 11.7 Å². The van der Waals surface area contributed by atoms with Gasteiger partial charge in [0.05, 0.1) is 11.0 Å². The van der Waals surface area contributed by atoms with Crippen molar-refractivity contribution in [2.24, 2.45) is 0 Å². The highest BCUT2D eigenvalue weighted by Gasteiger charge is 2.14. The van der Waals surface area contributed by atoms with Crippen LogP contribution in [0.15, 0.2) is 30.6 Å². The molecule has 0 aliphatic heterocycles. The van der Waals surface area contributed by atoms with Crippen molar-refractivity contribution < 1.29 is 4.92 Å². The Morgan fingerprint density at radius 3 is 2.89 bits per heavy atom. The fourth-order valence-electron chi connectivity index (χ4n) is 1.75. The predicted molar refractivity (Wildman–Crippen MR) is 81.1 cm³/mol. The summed E-state index contributed by atoms with van der Waals surface area (Å²) >= 11 is 2.09. The number of benzene rings is 1. The van der Waals surface area contributed by atoms with Gasteiger partial charge >= 0.3 is 0 Å². The first kappa shape index (κ1) is 13.8. The number of rotatable bonds is 5. The first-order chi connectivity index (χ1) is 9.11. The number of halogens is 1. The van der Waals surface area contributed by atoms with Crippen molar-refractivity contribution in [1.29, 1.82) is 0 Å². The van der Waals surface area contributed by atoms with E-state index in [0.717, 1.165) is 21.5 Å². The van der Waals surface area contributed by atoms with E-state index in [4.69, 9.17) is 0 Å². The molecular formula is C12H13IN4O2. The van der Waals surface area contributed by atoms with Crippen LogP contribution in [-0.4, -0.2) is 14.9 Å². The zero-order chi connectivity index (χ0) is 13.8. The molecule has 0 bridgehead atoms. The summed E-state index contributed by atoms with van der Waals surface area (Å²) in [4.78, 5) is 17.6. The van der Waals surface area contributed by atoms with Gasteiger partial charge < -0.3 is 10.3 Å². The van der Waals surface area contributed by atoms with Gasteiger partial charge in [0.1, 0.15) is 5.82 Å². The van der Waals surface area contributed by atoms with Crippen LogP contribution in [-0.2, 0) is 0 Å². The van der Waals surface area contributed by atoms with Gasteiger partial charge in [-0.05, 0) is 35.1 Å². The van der Waals surface area contributed by atoms with Crippen molar-refractivity contribution in [3.05, 3.63) is 50.1 Å². The number of nitro benzene ring substituents is 1. The number of aromatic amines is 1. The summed E-state index contributed by atoms with van der Waals surface area (Å²) in [6.07, 6.45) is 4.35. The molecule has 19 heavy (non-hydrogen) atoms. The maximum absolute atomic E-state index is 10.7. The average molecular weight is 372 g/mol. The standard InChI is InChI=1S/C12H13IN4O2/c1-2-10(12-14-5-6-15-12)16-11-4-3-8(17(18)19)7-9(11)13/h3-7,10,16H,2H2,1H3,(H,14,15). The van der Waals surface area contributed by atoms with Crippen LogP contribution in [0.25, 0.3) is 0 Å². The van der Waals surface area contributed by atoms with Crippen molar-refractivity contribution in [3.63, 3.8) is 0 Å². The summed E-state index contributed by atoms with van der Waals surface area (Å²) in [5.74, 6) is 0.858. The molecule has 1 heterocycles. The van der Waals surface area contributed by atoms with Gasteiger partial charge in [0, 0.05) is 33.8 Å². The Balaban J connectivity index is 2.21. The van der Waals surface area contributed by atoms with Crippen molar-refractivity contribution in [2.45, 2.75) is 19.4 Å². The lowest BCUT2D eigenvalue weighted by atomic mass is 10.2. The molecule has 0 aliphatic carbocycles. The van der Waals surface area contributed by atoms with Gasteiger partial charge in [-0.3, -0.25) is 10.1 Å². The number of hydrogen-bond acceptors (Lipinski definition) is 4. The number of anilines is 1. The van der Waals surface area contributed by atoms with Crippen LogP contribution >= 0.6 is 22.6 Å². The Morgan fingerprint density at radius 1 is 1.58 bits per heavy atom. The number of H-pyrrole nitrogens is 1. The lowest BCUT2D eigenvalue weighted by Crippen LogP contribution is -2.12. The van der Waals surface area contributed by atoms with Gasteiger partial charge in [-0.1, -0.05) is 6.92 Å². The summed E-state index contributed by atoms with van der Waals surface area (Å²) in [5, 5.41) is 14.0. The molecule has 2 aromatic rings. The van der Waals surface area contributed by atoms with E-state index < -0.39 is 4.92 Å². The molecule has 0 saturated heterocycles. The summed E-state index contributed by atoms with van der Waals surface area (Å²) in [6.45, 7) is 2.05. The molecule has 7 heteroatoms. The van der Waals surface area contributed by atoms with Gasteiger partial charge in [0.25, 0.3) is 5.69 Å². The van der Waals surface area contributed by atoms with Gasteiger partial charge in [0.2, 0.25) is 0 Å². The minimum atomic E-state index is -0.393. The van der Waals surface area contributed by atoms with Crippen molar-refractivity contribution in [1.82, 2.24) is 9.97 Å². The maximum Gasteiger partial charge on any atom is 0.270 e. The average Bonchev–Trinajstić information content (AvgIpc) is 2.91. The number of imidazole rings is 1. The van der Waals surface area contributed by atoms with Crippen molar-refractivity contribution in [3.8, 4) is 0 Å². The number of nitrogens with zero attached hydrogens (tertiary/aromatic N) is 2. The van der Waals surface area contributed by atoms with Crippen LogP contribution in [0.2, 0.25) is 0 Å². The molecule has 0 amide bonds. The summed E-state index contributed by atoms with van der Waals surface area (Å²) in [6, 6.07) is 4.84.